The van der Waals surface area contributed by atoms with Gasteiger partial charge in [0.25, 0.3) is 0 Å². The largest absolute Gasteiger partial charge is 0.323 e. The Bertz CT molecular complexity index is 402. The van der Waals surface area contributed by atoms with Crippen LogP contribution in [0.1, 0.15) is 18.5 Å². The molecular formula is C11H14ClN3O. The topological polar surface area (TPSA) is 54.0 Å². The molecule has 4 nitrogen and oxygen atoms in total. The van der Waals surface area contributed by atoms with Crippen LogP contribution in [0.25, 0.3) is 0 Å². The first-order chi connectivity index (χ1) is 7.66. The normalized spacial score (nSPS) is 19.8. The molecule has 5 heteroatoms. The molecule has 2 N–H and O–H groups in total. The summed E-state index contributed by atoms with van der Waals surface area (Å²) in [6.07, 6.45) is 1.95. The van der Waals surface area contributed by atoms with Crippen LogP contribution < -0.4 is 10.6 Å². The molecule has 0 saturated carbocycles. The molecule has 1 saturated heterocycles. The van der Waals surface area contributed by atoms with E-state index in [1.807, 2.05) is 6.92 Å². The van der Waals surface area contributed by atoms with E-state index in [0.29, 0.717) is 5.15 Å². The van der Waals surface area contributed by atoms with Gasteiger partial charge in [-0.05, 0) is 38.4 Å². The maximum Gasteiger partial charge on any atom is 0.241 e. The van der Waals surface area contributed by atoms with Crippen LogP contribution in [0.4, 0.5) is 5.69 Å². The van der Waals surface area contributed by atoms with Crippen LogP contribution in [-0.4, -0.2) is 23.5 Å². The number of aromatic nitrogens is 1. The standard InChI is InChI=1S/C11H14ClN3O/c1-7-8(4-5-10(12)14-7)15-11(16)9-3-2-6-13-9/h4-5,9,13H,2-3,6H2,1H3,(H,15,16). The fourth-order valence-corrected chi connectivity index (χ4v) is 1.98. The van der Waals surface area contributed by atoms with Gasteiger partial charge in [0.05, 0.1) is 17.4 Å². The lowest BCUT2D eigenvalue weighted by atomic mass is 10.2. The molecule has 1 atom stereocenters. The molecule has 16 heavy (non-hydrogen) atoms. The molecule has 1 fully saturated rings. The summed E-state index contributed by atoms with van der Waals surface area (Å²) in [4.78, 5) is 15.9. The van der Waals surface area contributed by atoms with Crippen molar-refractivity contribution in [1.82, 2.24) is 10.3 Å². The van der Waals surface area contributed by atoms with E-state index in [0.717, 1.165) is 30.8 Å². The number of amides is 1. The molecule has 1 aromatic heterocycles. The van der Waals surface area contributed by atoms with Crippen LogP contribution in [-0.2, 0) is 4.79 Å². The summed E-state index contributed by atoms with van der Waals surface area (Å²) in [5.41, 5.74) is 1.46. The van der Waals surface area contributed by atoms with Crippen molar-refractivity contribution in [3.8, 4) is 0 Å². The highest BCUT2D eigenvalue weighted by atomic mass is 35.5. The zero-order chi connectivity index (χ0) is 11.5. The van der Waals surface area contributed by atoms with Crippen LogP contribution in [0, 0.1) is 6.92 Å². The molecule has 1 amide bonds. The molecule has 2 rings (SSSR count). The molecule has 1 unspecified atom stereocenters. The van der Waals surface area contributed by atoms with Gasteiger partial charge in [0.1, 0.15) is 5.15 Å². The highest BCUT2D eigenvalue weighted by molar-refractivity contribution is 6.29. The van der Waals surface area contributed by atoms with Gasteiger partial charge in [-0.2, -0.15) is 0 Å². The summed E-state index contributed by atoms with van der Waals surface area (Å²) in [5, 5.41) is 6.45. The maximum atomic E-state index is 11.8. The SMILES string of the molecule is Cc1nc(Cl)ccc1NC(=O)C1CCCN1. The highest BCUT2D eigenvalue weighted by Crippen LogP contribution is 2.16. The maximum absolute atomic E-state index is 11.8. The second-order valence-electron chi connectivity index (χ2n) is 3.91. The van der Waals surface area contributed by atoms with Crippen molar-refractivity contribution < 1.29 is 4.79 Å². The van der Waals surface area contributed by atoms with Crippen molar-refractivity contribution in [2.45, 2.75) is 25.8 Å². The predicted octanol–water partition coefficient (Wildman–Crippen LogP) is 1.73. The summed E-state index contributed by atoms with van der Waals surface area (Å²) in [7, 11) is 0. The van der Waals surface area contributed by atoms with Crippen molar-refractivity contribution in [2.24, 2.45) is 0 Å². The molecular weight excluding hydrogens is 226 g/mol. The lowest BCUT2D eigenvalue weighted by molar-refractivity contribution is -0.117. The van der Waals surface area contributed by atoms with Crippen LogP contribution >= 0.6 is 11.6 Å². The summed E-state index contributed by atoms with van der Waals surface area (Å²) >= 11 is 5.74. The number of pyridine rings is 1. The summed E-state index contributed by atoms with van der Waals surface area (Å²) < 4.78 is 0. The van der Waals surface area contributed by atoms with Crippen molar-refractivity contribution in [2.75, 3.05) is 11.9 Å². The number of anilines is 1. The molecule has 1 aliphatic heterocycles. The third-order valence-corrected chi connectivity index (χ3v) is 2.90. The van der Waals surface area contributed by atoms with Crippen LogP contribution in [0.2, 0.25) is 5.15 Å². The number of rotatable bonds is 2. The van der Waals surface area contributed by atoms with E-state index in [4.69, 9.17) is 11.6 Å². The Kier molecular flexibility index (Phi) is 3.41. The Morgan fingerprint density at radius 2 is 2.44 bits per heavy atom. The molecule has 0 radical (unpaired) electrons. The van der Waals surface area contributed by atoms with Gasteiger partial charge in [-0.1, -0.05) is 11.6 Å². The highest BCUT2D eigenvalue weighted by Gasteiger charge is 2.22. The van der Waals surface area contributed by atoms with Crippen molar-refractivity contribution in [1.29, 1.82) is 0 Å². The minimum Gasteiger partial charge on any atom is -0.323 e. The Morgan fingerprint density at radius 1 is 1.62 bits per heavy atom. The average molecular weight is 240 g/mol. The van der Waals surface area contributed by atoms with E-state index >= 15 is 0 Å². The molecule has 0 spiro atoms. The number of carbonyl (C=O) groups is 1. The predicted molar refractivity (Wildman–Crippen MR) is 63.6 cm³/mol. The number of carbonyl (C=O) groups excluding carboxylic acids is 1. The molecule has 0 bridgehead atoms. The second-order valence-corrected chi connectivity index (χ2v) is 4.29. The Balaban J connectivity index is 2.05. The van der Waals surface area contributed by atoms with Gasteiger partial charge in [0, 0.05) is 0 Å². The van der Waals surface area contributed by atoms with Crippen LogP contribution in [0.3, 0.4) is 0 Å². The van der Waals surface area contributed by atoms with E-state index in [9.17, 15) is 4.79 Å². The first-order valence-corrected chi connectivity index (χ1v) is 5.72. The summed E-state index contributed by atoms with van der Waals surface area (Å²) in [6.45, 7) is 2.74. The molecule has 2 heterocycles. The third-order valence-electron chi connectivity index (χ3n) is 2.69. The van der Waals surface area contributed by atoms with E-state index in [1.165, 1.54) is 0 Å². The Labute approximate surface area is 99.4 Å². The molecule has 0 aliphatic carbocycles. The Morgan fingerprint density at radius 3 is 3.06 bits per heavy atom. The number of aryl methyl sites for hydroxylation is 1. The second kappa shape index (κ2) is 4.80. The lowest BCUT2D eigenvalue weighted by Crippen LogP contribution is -2.35. The minimum absolute atomic E-state index is 0.00437. The quantitative estimate of drug-likeness (QED) is 0.773. The van der Waals surface area contributed by atoms with Crippen LogP contribution in [0.5, 0.6) is 0 Å². The zero-order valence-electron chi connectivity index (χ0n) is 9.09. The minimum atomic E-state index is -0.0740. The van der Waals surface area contributed by atoms with Gasteiger partial charge in [0.2, 0.25) is 5.91 Å². The zero-order valence-corrected chi connectivity index (χ0v) is 9.84. The van der Waals surface area contributed by atoms with Gasteiger partial charge in [-0.3, -0.25) is 4.79 Å². The fraction of sp³-hybridized carbons (Fsp3) is 0.455. The molecule has 0 aromatic carbocycles. The van der Waals surface area contributed by atoms with Crippen molar-refractivity contribution >= 4 is 23.2 Å². The van der Waals surface area contributed by atoms with E-state index in [1.54, 1.807) is 12.1 Å². The van der Waals surface area contributed by atoms with E-state index in [-0.39, 0.29) is 11.9 Å². The first kappa shape index (κ1) is 11.4. The third kappa shape index (κ3) is 2.51. The summed E-state index contributed by atoms with van der Waals surface area (Å²) in [6, 6.07) is 3.37. The molecule has 1 aliphatic rings. The number of halogens is 1. The van der Waals surface area contributed by atoms with Gasteiger partial charge < -0.3 is 10.6 Å². The number of hydrogen-bond donors (Lipinski definition) is 2. The van der Waals surface area contributed by atoms with Crippen molar-refractivity contribution in [3.05, 3.63) is 23.0 Å². The monoisotopic (exact) mass is 239 g/mol. The molecule has 1 aromatic rings. The smallest absolute Gasteiger partial charge is 0.241 e. The first-order valence-electron chi connectivity index (χ1n) is 5.34. The lowest BCUT2D eigenvalue weighted by Gasteiger charge is -2.12. The van der Waals surface area contributed by atoms with Crippen LogP contribution in [0.15, 0.2) is 12.1 Å². The molecule has 86 valence electrons. The number of hydrogen-bond acceptors (Lipinski definition) is 3. The Hall–Kier alpha value is -1.13. The number of nitrogens with one attached hydrogen (secondary N) is 2. The van der Waals surface area contributed by atoms with Gasteiger partial charge in [0.15, 0.2) is 0 Å². The van der Waals surface area contributed by atoms with Gasteiger partial charge >= 0.3 is 0 Å². The van der Waals surface area contributed by atoms with Crippen molar-refractivity contribution in [3.63, 3.8) is 0 Å². The summed E-state index contributed by atoms with van der Waals surface area (Å²) in [5.74, 6) is 0.00437. The van der Waals surface area contributed by atoms with Gasteiger partial charge in [-0.25, -0.2) is 4.98 Å². The van der Waals surface area contributed by atoms with E-state index in [2.05, 4.69) is 15.6 Å². The van der Waals surface area contributed by atoms with E-state index < -0.39 is 0 Å². The fourth-order valence-electron chi connectivity index (χ4n) is 1.79. The van der Waals surface area contributed by atoms with Gasteiger partial charge in [-0.15, -0.1) is 0 Å². The average Bonchev–Trinajstić information content (AvgIpc) is 2.75. The number of nitrogens with zero attached hydrogens (tertiary/aromatic N) is 1.